The average Bonchev–Trinajstić information content (AvgIpc) is 2.99. The summed E-state index contributed by atoms with van der Waals surface area (Å²) in [5.74, 6) is 0.119. The van der Waals surface area contributed by atoms with Crippen LogP contribution < -0.4 is 5.32 Å². The van der Waals surface area contributed by atoms with E-state index in [0.717, 1.165) is 10.9 Å². The number of H-pyrrole nitrogens is 1. The molecule has 1 unspecified atom stereocenters. The second-order valence-electron chi connectivity index (χ2n) is 5.10. The number of aromatic amines is 1. The van der Waals surface area contributed by atoms with Gasteiger partial charge in [-0.25, -0.2) is 8.42 Å². The minimum Gasteiger partial charge on any atom is -0.350 e. The van der Waals surface area contributed by atoms with E-state index in [-0.39, 0.29) is 23.3 Å². The standard InChI is InChI=1S/C13H15N3O3S/c17-13(14-7-9-5-6-20(18,19)8-9)12-10-3-1-2-4-11(10)15-16-12/h1-4,9H,5-8H2,(H,14,17)(H,15,16). The molecule has 2 N–H and O–H groups in total. The first-order chi connectivity index (χ1) is 9.55. The van der Waals surface area contributed by atoms with Crippen molar-refractivity contribution >= 4 is 26.6 Å². The van der Waals surface area contributed by atoms with E-state index in [1.807, 2.05) is 24.3 Å². The van der Waals surface area contributed by atoms with E-state index < -0.39 is 9.84 Å². The summed E-state index contributed by atoms with van der Waals surface area (Å²) in [6.07, 6.45) is 0.615. The maximum Gasteiger partial charge on any atom is 0.272 e. The number of para-hydroxylation sites is 1. The van der Waals surface area contributed by atoms with Crippen molar-refractivity contribution in [2.75, 3.05) is 18.1 Å². The molecule has 1 saturated heterocycles. The zero-order chi connectivity index (χ0) is 14.2. The van der Waals surface area contributed by atoms with Crippen molar-refractivity contribution in [3.05, 3.63) is 30.0 Å². The summed E-state index contributed by atoms with van der Waals surface area (Å²) in [7, 11) is -2.90. The number of aromatic nitrogens is 2. The van der Waals surface area contributed by atoms with Gasteiger partial charge in [0, 0.05) is 11.9 Å². The maximum atomic E-state index is 12.1. The van der Waals surface area contributed by atoms with Crippen molar-refractivity contribution in [1.82, 2.24) is 15.5 Å². The lowest BCUT2D eigenvalue weighted by Gasteiger charge is -2.08. The molecular formula is C13H15N3O3S. The van der Waals surface area contributed by atoms with Crippen molar-refractivity contribution in [3.8, 4) is 0 Å². The molecule has 1 fully saturated rings. The Balaban J connectivity index is 1.68. The number of carbonyl (C=O) groups is 1. The van der Waals surface area contributed by atoms with Gasteiger partial charge in [0.25, 0.3) is 5.91 Å². The largest absolute Gasteiger partial charge is 0.350 e. The first-order valence-electron chi connectivity index (χ1n) is 6.47. The number of benzene rings is 1. The molecule has 0 bridgehead atoms. The van der Waals surface area contributed by atoms with Crippen LogP contribution in [0.3, 0.4) is 0 Å². The van der Waals surface area contributed by atoms with Gasteiger partial charge >= 0.3 is 0 Å². The minimum atomic E-state index is -2.90. The van der Waals surface area contributed by atoms with Crippen LogP contribution in [0.5, 0.6) is 0 Å². The van der Waals surface area contributed by atoms with Crippen molar-refractivity contribution in [1.29, 1.82) is 0 Å². The Morgan fingerprint density at radius 1 is 1.40 bits per heavy atom. The molecule has 2 heterocycles. The third-order valence-corrected chi connectivity index (χ3v) is 5.40. The zero-order valence-electron chi connectivity index (χ0n) is 10.8. The molecular weight excluding hydrogens is 278 g/mol. The lowest BCUT2D eigenvalue weighted by atomic mass is 10.1. The van der Waals surface area contributed by atoms with E-state index in [1.54, 1.807) is 0 Å². The number of sulfone groups is 1. The molecule has 20 heavy (non-hydrogen) atoms. The number of nitrogens with one attached hydrogen (secondary N) is 2. The summed E-state index contributed by atoms with van der Waals surface area (Å²) >= 11 is 0. The lowest BCUT2D eigenvalue weighted by Crippen LogP contribution is -2.30. The third kappa shape index (κ3) is 2.53. The molecule has 1 amide bonds. The van der Waals surface area contributed by atoms with Crippen molar-refractivity contribution in [3.63, 3.8) is 0 Å². The number of carbonyl (C=O) groups excluding carboxylic acids is 1. The van der Waals surface area contributed by atoms with E-state index in [0.29, 0.717) is 18.7 Å². The van der Waals surface area contributed by atoms with Crippen molar-refractivity contribution < 1.29 is 13.2 Å². The third-order valence-electron chi connectivity index (χ3n) is 3.56. The van der Waals surface area contributed by atoms with Gasteiger partial charge < -0.3 is 5.32 Å². The van der Waals surface area contributed by atoms with Gasteiger partial charge in [-0.1, -0.05) is 18.2 Å². The molecule has 1 aromatic heterocycles. The van der Waals surface area contributed by atoms with Gasteiger partial charge in [0.2, 0.25) is 0 Å². The van der Waals surface area contributed by atoms with Gasteiger partial charge in [0.15, 0.2) is 15.5 Å². The van der Waals surface area contributed by atoms with Crippen molar-refractivity contribution in [2.24, 2.45) is 5.92 Å². The highest BCUT2D eigenvalue weighted by Gasteiger charge is 2.28. The average molecular weight is 293 g/mol. The van der Waals surface area contributed by atoms with Gasteiger partial charge in [-0.2, -0.15) is 5.10 Å². The highest BCUT2D eigenvalue weighted by atomic mass is 32.2. The van der Waals surface area contributed by atoms with Crippen LogP contribution in [0.15, 0.2) is 24.3 Å². The summed E-state index contributed by atoms with van der Waals surface area (Å²) in [5.41, 5.74) is 1.16. The molecule has 106 valence electrons. The highest BCUT2D eigenvalue weighted by Crippen LogP contribution is 2.18. The van der Waals surface area contributed by atoms with Crippen LogP contribution in [0, 0.1) is 5.92 Å². The summed E-state index contributed by atoms with van der Waals surface area (Å²) in [6, 6.07) is 7.39. The Bertz CT molecular complexity index is 751. The molecule has 1 atom stereocenters. The smallest absolute Gasteiger partial charge is 0.272 e. The second kappa shape index (κ2) is 4.90. The van der Waals surface area contributed by atoms with Crippen LogP contribution in [-0.2, 0) is 9.84 Å². The van der Waals surface area contributed by atoms with Gasteiger partial charge in [0.05, 0.1) is 17.0 Å². The molecule has 3 rings (SSSR count). The first kappa shape index (κ1) is 13.1. The zero-order valence-corrected chi connectivity index (χ0v) is 11.6. The molecule has 6 nitrogen and oxygen atoms in total. The molecule has 2 aromatic rings. The SMILES string of the molecule is O=C(NCC1CCS(=O)(=O)C1)c1n[nH]c2ccccc12. The molecule has 0 saturated carbocycles. The predicted octanol–water partition coefficient (Wildman–Crippen LogP) is 0.727. The van der Waals surface area contributed by atoms with E-state index in [9.17, 15) is 13.2 Å². The van der Waals surface area contributed by atoms with Gasteiger partial charge in [-0.05, 0) is 18.4 Å². The molecule has 7 heteroatoms. The topological polar surface area (TPSA) is 91.9 Å². The van der Waals surface area contributed by atoms with E-state index in [4.69, 9.17) is 0 Å². The lowest BCUT2D eigenvalue weighted by molar-refractivity contribution is 0.0945. The number of fused-ring (bicyclic) bond motifs is 1. The van der Waals surface area contributed by atoms with Crippen LogP contribution in [0.1, 0.15) is 16.9 Å². The molecule has 0 spiro atoms. The summed E-state index contributed by atoms with van der Waals surface area (Å²) in [4.78, 5) is 12.1. The van der Waals surface area contributed by atoms with Gasteiger partial charge in [-0.3, -0.25) is 9.89 Å². The van der Waals surface area contributed by atoms with Crippen LogP contribution >= 0.6 is 0 Å². The quantitative estimate of drug-likeness (QED) is 0.872. The Labute approximate surface area is 116 Å². The number of rotatable bonds is 3. The van der Waals surface area contributed by atoms with Gasteiger partial charge in [-0.15, -0.1) is 0 Å². The van der Waals surface area contributed by atoms with E-state index in [2.05, 4.69) is 15.5 Å². The second-order valence-corrected chi connectivity index (χ2v) is 7.33. The Morgan fingerprint density at radius 3 is 2.95 bits per heavy atom. The fourth-order valence-electron chi connectivity index (χ4n) is 2.49. The number of hydrogen-bond donors (Lipinski definition) is 2. The van der Waals surface area contributed by atoms with Crippen LogP contribution in [-0.4, -0.2) is 42.6 Å². The fourth-order valence-corrected chi connectivity index (χ4v) is 4.35. The first-order valence-corrected chi connectivity index (χ1v) is 8.29. The molecule has 1 aromatic carbocycles. The number of nitrogens with zero attached hydrogens (tertiary/aromatic N) is 1. The highest BCUT2D eigenvalue weighted by molar-refractivity contribution is 7.91. The monoisotopic (exact) mass is 293 g/mol. The Kier molecular flexibility index (Phi) is 3.21. The van der Waals surface area contributed by atoms with E-state index >= 15 is 0 Å². The Hall–Kier alpha value is -1.89. The predicted molar refractivity (Wildman–Crippen MR) is 75.2 cm³/mol. The molecule has 0 radical (unpaired) electrons. The fraction of sp³-hybridized carbons (Fsp3) is 0.385. The van der Waals surface area contributed by atoms with E-state index in [1.165, 1.54) is 0 Å². The number of amides is 1. The maximum absolute atomic E-state index is 12.1. The molecule has 0 aliphatic carbocycles. The summed E-state index contributed by atoms with van der Waals surface area (Å²) in [5, 5.41) is 10.4. The van der Waals surface area contributed by atoms with Crippen molar-refractivity contribution in [2.45, 2.75) is 6.42 Å². The Morgan fingerprint density at radius 2 is 2.20 bits per heavy atom. The number of hydrogen-bond acceptors (Lipinski definition) is 4. The molecule has 1 aliphatic rings. The minimum absolute atomic E-state index is 0.00848. The van der Waals surface area contributed by atoms with Crippen LogP contribution in [0.2, 0.25) is 0 Å². The normalized spacial score (nSPS) is 21.1. The van der Waals surface area contributed by atoms with Gasteiger partial charge in [0.1, 0.15) is 0 Å². The van der Waals surface area contributed by atoms with Crippen LogP contribution in [0.4, 0.5) is 0 Å². The molecule has 1 aliphatic heterocycles. The van der Waals surface area contributed by atoms with Crippen LogP contribution in [0.25, 0.3) is 10.9 Å². The summed E-state index contributed by atoms with van der Waals surface area (Å²) < 4.78 is 22.7. The summed E-state index contributed by atoms with van der Waals surface area (Å²) in [6.45, 7) is 0.374.